The van der Waals surface area contributed by atoms with Crippen molar-refractivity contribution < 1.29 is 18.3 Å². The summed E-state index contributed by atoms with van der Waals surface area (Å²) in [6.45, 7) is 4.89. The van der Waals surface area contributed by atoms with Crippen LogP contribution < -0.4 is 14.8 Å². The number of piperidine rings is 1. The molecule has 0 aromatic heterocycles. The molecule has 0 spiro atoms. The predicted octanol–water partition coefficient (Wildman–Crippen LogP) is 4.15. The van der Waals surface area contributed by atoms with E-state index in [0.29, 0.717) is 18.7 Å². The number of hydrogen-bond acceptors (Lipinski definition) is 3. The second kappa shape index (κ2) is 12.2. The van der Waals surface area contributed by atoms with E-state index in [1.165, 1.54) is 20.0 Å². The Morgan fingerprint density at radius 2 is 2.00 bits per heavy atom. The van der Waals surface area contributed by atoms with Crippen LogP contribution in [0.1, 0.15) is 32.3 Å². The third-order valence-corrected chi connectivity index (χ3v) is 4.52. The van der Waals surface area contributed by atoms with E-state index >= 15 is 0 Å². The van der Waals surface area contributed by atoms with E-state index in [9.17, 15) is 8.78 Å². The van der Waals surface area contributed by atoms with Gasteiger partial charge in [0, 0.05) is 26.2 Å². The van der Waals surface area contributed by atoms with Gasteiger partial charge in [0.25, 0.3) is 0 Å². The fraction of sp³-hybridized carbons (Fsp3) is 0.632. The van der Waals surface area contributed by atoms with Crippen LogP contribution in [-0.2, 0) is 6.42 Å². The first-order valence-corrected chi connectivity index (χ1v) is 9.18. The number of guanidine groups is 1. The molecule has 0 aliphatic carbocycles. The molecule has 5 nitrogen and oxygen atoms in total. The number of nitrogens with zero attached hydrogens (tertiary/aromatic N) is 2. The van der Waals surface area contributed by atoms with Gasteiger partial charge in [-0.05, 0) is 49.8 Å². The van der Waals surface area contributed by atoms with Crippen LogP contribution in [0.25, 0.3) is 0 Å². The lowest BCUT2D eigenvalue weighted by Gasteiger charge is -2.33. The standard InChI is InChI=1S/C19H29F2N3O2.HI/c1-4-22-19(24-11-8-14(2)9-12-24)23-10-7-15-5-6-16(25-3)17(13-15)26-18(20)21;/h5-6,13-14,18H,4,7-12H2,1-3H3,(H,22,23);1H. The maximum absolute atomic E-state index is 12.5. The van der Waals surface area contributed by atoms with E-state index in [1.807, 2.05) is 6.07 Å². The van der Waals surface area contributed by atoms with E-state index < -0.39 is 6.61 Å². The third-order valence-electron chi connectivity index (χ3n) is 4.52. The Labute approximate surface area is 177 Å². The zero-order valence-electron chi connectivity index (χ0n) is 16.2. The number of likely N-dealkylation sites (tertiary alicyclic amines) is 1. The quantitative estimate of drug-likeness (QED) is 0.349. The van der Waals surface area contributed by atoms with E-state index in [0.717, 1.165) is 37.1 Å². The number of benzene rings is 1. The molecule has 0 bridgehead atoms. The molecular formula is C19H30F2IN3O2. The van der Waals surface area contributed by atoms with Crippen LogP contribution in [0.4, 0.5) is 8.78 Å². The normalized spacial score (nSPS) is 15.5. The number of alkyl halides is 2. The van der Waals surface area contributed by atoms with Crippen molar-refractivity contribution in [1.82, 2.24) is 10.2 Å². The maximum Gasteiger partial charge on any atom is 0.387 e. The zero-order chi connectivity index (χ0) is 18.9. The summed E-state index contributed by atoms with van der Waals surface area (Å²) in [4.78, 5) is 7.00. The first-order valence-electron chi connectivity index (χ1n) is 9.18. The highest BCUT2D eigenvalue weighted by atomic mass is 127. The van der Waals surface area contributed by atoms with Gasteiger partial charge in [0.05, 0.1) is 7.11 Å². The van der Waals surface area contributed by atoms with Gasteiger partial charge in [-0.3, -0.25) is 4.99 Å². The number of ether oxygens (including phenoxy) is 2. The lowest BCUT2D eigenvalue weighted by Crippen LogP contribution is -2.45. The minimum atomic E-state index is -2.88. The van der Waals surface area contributed by atoms with Gasteiger partial charge in [-0.25, -0.2) is 0 Å². The fourth-order valence-electron chi connectivity index (χ4n) is 3.00. The molecule has 1 N–H and O–H groups in total. The molecule has 2 rings (SSSR count). The van der Waals surface area contributed by atoms with Crippen molar-refractivity contribution in [2.75, 3.05) is 33.3 Å². The molecule has 154 valence electrons. The summed E-state index contributed by atoms with van der Waals surface area (Å²) in [5.41, 5.74) is 0.883. The SMILES string of the molecule is CCNC(=NCCc1ccc(OC)c(OC(F)F)c1)N1CCC(C)CC1.I. The van der Waals surface area contributed by atoms with Gasteiger partial charge >= 0.3 is 6.61 Å². The summed E-state index contributed by atoms with van der Waals surface area (Å²) in [6.07, 6.45) is 3.00. The molecular weight excluding hydrogens is 467 g/mol. The average Bonchev–Trinajstić information content (AvgIpc) is 2.61. The summed E-state index contributed by atoms with van der Waals surface area (Å²) in [5, 5.41) is 3.34. The van der Waals surface area contributed by atoms with E-state index in [1.54, 1.807) is 12.1 Å². The molecule has 1 aliphatic rings. The highest BCUT2D eigenvalue weighted by Gasteiger charge is 2.18. The molecule has 8 heteroatoms. The zero-order valence-corrected chi connectivity index (χ0v) is 18.5. The Kier molecular flexibility index (Phi) is 10.7. The molecule has 1 saturated heterocycles. The van der Waals surface area contributed by atoms with Gasteiger partial charge in [-0.1, -0.05) is 13.0 Å². The summed E-state index contributed by atoms with van der Waals surface area (Å²) >= 11 is 0. The van der Waals surface area contributed by atoms with Crippen molar-refractivity contribution in [3.8, 4) is 11.5 Å². The van der Waals surface area contributed by atoms with Crippen molar-refractivity contribution >= 4 is 29.9 Å². The van der Waals surface area contributed by atoms with Gasteiger partial charge in [0.2, 0.25) is 0 Å². The van der Waals surface area contributed by atoms with Gasteiger partial charge in [0.15, 0.2) is 17.5 Å². The molecule has 27 heavy (non-hydrogen) atoms. The Morgan fingerprint density at radius 3 is 2.59 bits per heavy atom. The summed E-state index contributed by atoms with van der Waals surface area (Å²) in [5.74, 6) is 2.05. The van der Waals surface area contributed by atoms with Crippen molar-refractivity contribution in [1.29, 1.82) is 0 Å². The minimum Gasteiger partial charge on any atom is -0.493 e. The number of halogens is 3. The molecule has 0 amide bonds. The summed E-state index contributed by atoms with van der Waals surface area (Å²) < 4.78 is 34.7. The van der Waals surface area contributed by atoms with Gasteiger partial charge in [-0.15, -0.1) is 24.0 Å². The van der Waals surface area contributed by atoms with Crippen LogP contribution in [0.15, 0.2) is 23.2 Å². The lowest BCUT2D eigenvalue weighted by atomic mass is 10.00. The maximum atomic E-state index is 12.5. The monoisotopic (exact) mass is 497 g/mol. The molecule has 1 aliphatic heterocycles. The van der Waals surface area contributed by atoms with Crippen LogP contribution in [-0.4, -0.2) is 50.8 Å². The van der Waals surface area contributed by atoms with Crippen molar-refractivity contribution in [3.63, 3.8) is 0 Å². The number of rotatable bonds is 7. The van der Waals surface area contributed by atoms with Crippen LogP contribution in [0.3, 0.4) is 0 Å². The molecule has 0 radical (unpaired) electrons. The Balaban J connectivity index is 0.00000364. The lowest BCUT2D eigenvalue weighted by molar-refractivity contribution is -0.0512. The molecule has 1 fully saturated rings. The summed E-state index contributed by atoms with van der Waals surface area (Å²) in [7, 11) is 1.43. The average molecular weight is 497 g/mol. The Bertz CT molecular complexity index is 594. The van der Waals surface area contributed by atoms with E-state index in [-0.39, 0.29) is 29.7 Å². The van der Waals surface area contributed by atoms with E-state index in [2.05, 4.69) is 28.8 Å². The molecule has 0 unspecified atom stereocenters. The smallest absolute Gasteiger partial charge is 0.387 e. The largest absolute Gasteiger partial charge is 0.493 e. The number of aliphatic imine (C=N–C) groups is 1. The van der Waals surface area contributed by atoms with Crippen molar-refractivity contribution in [2.24, 2.45) is 10.9 Å². The predicted molar refractivity (Wildman–Crippen MR) is 115 cm³/mol. The van der Waals surface area contributed by atoms with Gasteiger partial charge in [-0.2, -0.15) is 8.78 Å². The first-order chi connectivity index (χ1) is 12.5. The fourth-order valence-corrected chi connectivity index (χ4v) is 3.00. The third kappa shape index (κ3) is 7.67. The Hall–Kier alpha value is -1.32. The number of methoxy groups -OCH3 is 1. The molecule has 1 heterocycles. The van der Waals surface area contributed by atoms with Gasteiger partial charge < -0.3 is 19.7 Å². The van der Waals surface area contributed by atoms with Gasteiger partial charge in [0.1, 0.15) is 0 Å². The highest BCUT2D eigenvalue weighted by molar-refractivity contribution is 14.0. The summed E-state index contributed by atoms with van der Waals surface area (Å²) in [6, 6.07) is 5.09. The van der Waals surface area contributed by atoms with Crippen molar-refractivity contribution in [3.05, 3.63) is 23.8 Å². The highest BCUT2D eigenvalue weighted by Crippen LogP contribution is 2.29. The van der Waals surface area contributed by atoms with Crippen LogP contribution >= 0.6 is 24.0 Å². The molecule has 1 aromatic rings. The minimum absolute atomic E-state index is 0. The second-order valence-corrected chi connectivity index (χ2v) is 6.52. The Morgan fingerprint density at radius 1 is 1.30 bits per heavy atom. The number of hydrogen-bond donors (Lipinski definition) is 1. The van der Waals surface area contributed by atoms with Crippen LogP contribution in [0.2, 0.25) is 0 Å². The van der Waals surface area contributed by atoms with Crippen molar-refractivity contribution in [2.45, 2.75) is 39.7 Å². The topological polar surface area (TPSA) is 46.1 Å². The molecule has 0 atom stereocenters. The number of nitrogens with one attached hydrogen (secondary N) is 1. The molecule has 1 aromatic carbocycles. The molecule has 0 saturated carbocycles. The van der Waals surface area contributed by atoms with E-state index in [4.69, 9.17) is 9.73 Å². The van der Waals surface area contributed by atoms with Crippen LogP contribution in [0.5, 0.6) is 11.5 Å². The van der Waals surface area contributed by atoms with Crippen LogP contribution in [0, 0.1) is 5.92 Å². The second-order valence-electron chi connectivity index (χ2n) is 6.52. The first kappa shape index (κ1) is 23.7.